The number of anilines is 2. The molecule has 35 heavy (non-hydrogen) atoms. The van der Waals surface area contributed by atoms with Crippen LogP contribution in [0.4, 0.5) is 15.8 Å². The van der Waals surface area contributed by atoms with E-state index in [0.717, 1.165) is 28.1 Å². The van der Waals surface area contributed by atoms with Crippen molar-refractivity contribution in [1.82, 2.24) is 0 Å². The van der Waals surface area contributed by atoms with Gasteiger partial charge in [0.25, 0.3) is 5.91 Å². The second-order valence-corrected chi connectivity index (χ2v) is 8.29. The molecule has 0 aliphatic carbocycles. The highest BCUT2D eigenvalue weighted by atomic mass is 19.1. The Balaban J connectivity index is 1.46. The standard InChI is InChI=1S/C29H25FN2O3/c1-34-26-16-15-21(17-22(26)19-35-27-14-8-5-11-23(27)30)28-29(33)32(18-20-9-3-2-4-10-20)25-13-7-6-12-24(25)31-28/h2-17,28,31H,18-19H2,1H3. The summed E-state index contributed by atoms with van der Waals surface area (Å²) in [6.07, 6.45) is 0. The van der Waals surface area contributed by atoms with E-state index < -0.39 is 11.9 Å². The van der Waals surface area contributed by atoms with Gasteiger partial charge in [0, 0.05) is 5.56 Å². The van der Waals surface area contributed by atoms with Crippen molar-refractivity contribution in [2.45, 2.75) is 19.2 Å². The topological polar surface area (TPSA) is 50.8 Å². The number of carbonyl (C=O) groups excluding carboxylic acids is 1. The Morgan fingerprint density at radius 2 is 1.63 bits per heavy atom. The molecule has 1 amide bonds. The number of nitrogens with one attached hydrogen (secondary N) is 1. The van der Waals surface area contributed by atoms with Crippen LogP contribution in [0.2, 0.25) is 0 Å². The fraction of sp³-hybridized carbons (Fsp3) is 0.138. The number of nitrogens with zero attached hydrogens (tertiary/aromatic N) is 1. The molecule has 6 heteroatoms. The molecular weight excluding hydrogens is 443 g/mol. The lowest BCUT2D eigenvalue weighted by molar-refractivity contribution is -0.119. The zero-order valence-electron chi connectivity index (χ0n) is 19.3. The number of hydrogen-bond acceptors (Lipinski definition) is 4. The fourth-order valence-corrected chi connectivity index (χ4v) is 4.29. The number of hydrogen-bond donors (Lipinski definition) is 1. The first-order chi connectivity index (χ1) is 17.1. The van der Waals surface area contributed by atoms with Crippen molar-refractivity contribution in [3.8, 4) is 11.5 Å². The lowest BCUT2D eigenvalue weighted by Gasteiger charge is -2.36. The second-order valence-electron chi connectivity index (χ2n) is 8.29. The summed E-state index contributed by atoms with van der Waals surface area (Å²) in [4.78, 5) is 15.5. The van der Waals surface area contributed by atoms with E-state index in [2.05, 4.69) is 5.32 Å². The van der Waals surface area contributed by atoms with Gasteiger partial charge in [0.1, 0.15) is 18.4 Å². The van der Waals surface area contributed by atoms with Crippen LogP contribution in [-0.2, 0) is 17.9 Å². The Labute approximate surface area is 203 Å². The molecule has 5 rings (SSSR count). The number of methoxy groups -OCH3 is 1. The molecule has 0 saturated heterocycles. The monoisotopic (exact) mass is 468 g/mol. The third kappa shape index (κ3) is 4.68. The molecule has 4 aromatic carbocycles. The molecule has 1 heterocycles. The van der Waals surface area contributed by atoms with Gasteiger partial charge >= 0.3 is 0 Å². The van der Waals surface area contributed by atoms with Gasteiger partial charge in [-0.25, -0.2) is 4.39 Å². The number of carbonyl (C=O) groups is 1. The van der Waals surface area contributed by atoms with Crippen molar-refractivity contribution < 1.29 is 18.7 Å². The molecule has 1 N–H and O–H groups in total. The largest absolute Gasteiger partial charge is 0.496 e. The van der Waals surface area contributed by atoms with Gasteiger partial charge in [-0.1, -0.05) is 60.7 Å². The van der Waals surface area contributed by atoms with Crippen LogP contribution in [0, 0.1) is 5.82 Å². The second kappa shape index (κ2) is 9.89. The molecule has 0 spiro atoms. The summed E-state index contributed by atoms with van der Waals surface area (Å²) in [6, 6.07) is 28.9. The third-order valence-electron chi connectivity index (χ3n) is 6.05. The van der Waals surface area contributed by atoms with Crippen LogP contribution < -0.4 is 19.7 Å². The maximum absolute atomic E-state index is 14.0. The number of fused-ring (bicyclic) bond motifs is 1. The minimum atomic E-state index is -0.591. The number of halogens is 1. The first kappa shape index (κ1) is 22.5. The zero-order chi connectivity index (χ0) is 24.2. The predicted octanol–water partition coefficient (Wildman–Crippen LogP) is 6.11. The van der Waals surface area contributed by atoms with Crippen molar-refractivity contribution in [1.29, 1.82) is 0 Å². The van der Waals surface area contributed by atoms with Gasteiger partial charge in [-0.05, 0) is 47.5 Å². The molecule has 1 unspecified atom stereocenters. The SMILES string of the molecule is COc1ccc(C2Nc3ccccc3N(Cc3ccccc3)C2=O)cc1COc1ccccc1F. The van der Waals surface area contributed by atoms with Gasteiger partial charge in [-0.3, -0.25) is 4.79 Å². The number of benzene rings is 4. The van der Waals surface area contributed by atoms with Crippen LogP contribution >= 0.6 is 0 Å². The van der Waals surface area contributed by atoms with Gasteiger partial charge in [-0.15, -0.1) is 0 Å². The van der Waals surface area contributed by atoms with Crippen LogP contribution in [0.5, 0.6) is 11.5 Å². The molecule has 4 aromatic rings. The van der Waals surface area contributed by atoms with Crippen molar-refractivity contribution in [2.75, 3.05) is 17.3 Å². The maximum atomic E-state index is 14.0. The van der Waals surface area contributed by atoms with Gasteiger partial charge in [-0.2, -0.15) is 0 Å². The minimum Gasteiger partial charge on any atom is -0.496 e. The van der Waals surface area contributed by atoms with E-state index in [-0.39, 0.29) is 18.3 Å². The third-order valence-corrected chi connectivity index (χ3v) is 6.05. The first-order valence-corrected chi connectivity index (χ1v) is 11.4. The van der Waals surface area contributed by atoms with E-state index in [4.69, 9.17) is 9.47 Å². The van der Waals surface area contributed by atoms with Crippen LogP contribution in [0.25, 0.3) is 0 Å². The van der Waals surface area contributed by atoms with E-state index in [1.54, 1.807) is 25.3 Å². The summed E-state index contributed by atoms with van der Waals surface area (Å²) in [5, 5.41) is 3.39. The number of para-hydroxylation sites is 3. The van der Waals surface area contributed by atoms with Gasteiger partial charge in [0.2, 0.25) is 0 Å². The summed E-state index contributed by atoms with van der Waals surface area (Å²) >= 11 is 0. The maximum Gasteiger partial charge on any atom is 0.254 e. The van der Waals surface area contributed by atoms with Crippen molar-refractivity contribution in [2.24, 2.45) is 0 Å². The Hall–Kier alpha value is -4.32. The molecule has 1 aliphatic rings. The fourth-order valence-electron chi connectivity index (χ4n) is 4.29. The Bertz CT molecular complexity index is 1340. The average molecular weight is 469 g/mol. The number of amides is 1. The van der Waals surface area contributed by atoms with Gasteiger partial charge in [0.05, 0.1) is 25.0 Å². The molecule has 0 aromatic heterocycles. The number of ether oxygens (including phenoxy) is 2. The molecule has 0 radical (unpaired) electrons. The molecule has 1 aliphatic heterocycles. The zero-order valence-corrected chi connectivity index (χ0v) is 19.3. The summed E-state index contributed by atoms with van der Waals surface area (Å²) in [6.45, 7) is 0.567. The van der Waals surface area contributed by atoms with E-state index in [1.807, 2.05) is 77.7 Å². The summed E-state index contributed by atoms with van der Waals surface area (Å²) in [5.41, 5.74) is 4.26. The highest BCUT2D eigenvalue weighted by Gasteiger charge is 2.33. The Morgan fingerprint density at radius 3 is 2.43 bits per heavy atom. The lowest BCUT2D eigenvalue weighted by atomic mass is 9.98. The molecule has 1 atom stereocenters. The van der Waals surface area contributed by atoms with Crippen LogP contribution in [0.15, 0.2) is 97.1 Å². The average Bonchev–Trinajstić information content (AvgIpc) is 2.90. The summed E-state index contributed by atoms with van der Waals surface area (Å²) < 4.78 is 25.3. The predicted molar refractivity (Wildman–Crippen MR) is 134 cm³/mol. The molecule has 0 bridgehead atoms. The van der Waals surface area contributed by atoms with Crippen LogP contribution in [-0.4, -0.2) is 13.0 Å². The quantitative estimate of drug-likeness (QED) is 0.355. The molecular formula is C29H25FN2O3. The lowest BCUT2D eigenvalue weighted by Crippen LogP contribution is -2.41. The highest BCUT2D eigenvalue weighted by Crippen LogP contribution is 2.38. The van der Waals surface area contributed by atoms with E-state index in [0.29, 0.717) is 12.3 Å². The minimum absolute atomic E-state index is 0.0568. The normalized spacial score (nSPS) is 14.7. The molecule has 5 nitrogen and oxygen atoms in total. The van der Waals surface area contributed by atoms with E-state index in [1.165, 1.54) is 6.07 Å². The van der Waals surface area contributed by atoms with Crippen molar-refractivity contribution in [3.63, 3.8) is 0 Å². The van der Waals surface area contributed by atoms with Gasteiger partial charge < -0.3 is 19.7 Å². The Kier molecular flexibility index (Phi) is 6.35. The van der Waals surface area contributed by atoms with Crippen LogP contribution in [0.1, 0.15) is 22.7 Å². The van der Waals surface area contributed by atoms with Gasteiger partial charge in [0.15, 0.2) is 11.6 Å². The summed E-state index contributed by atoms with van der Waals surface area (Å²) in [7, 11) is 1.57. The van der Waals surface area contributed by atoms with Crippen molar-refractivity contribution >= 4 is 17.3 Å². The highest BCUT2D eigenvalue weighted by molar-refractivity contribution is 6.05. The smallest absolute Gasteiger partial charge is 0.254 e. The van der Waals surface area contributed by atoms with E-state index in [9.17, 15) is 9.18 Å². The molecule has 0 saturated carbocycles. The van der Waals surface area contributed by atoms with E-state index >= 15 is 0 Å². The van der Waals surface area contributed by atoms with Crippen LogP contribution in [0.3, 0.4) is 0 Å². The first-order valence-electron chi connectivity index (χ1n) is 11.4. The number of rotatable bonds is 7. The Morgan fingerprint density at radius 1 is 0.886 bits per heavy atom. The molecule has 176 valence electrons. The van der Waals surface area contributed by atoms with Crippen molar-refractivity contribution in [3.05, 3.63) is 120 Å². The summed E-state index contributed by atoms with van der Waals surface area (Å²) in [5.74, 6) is 0.281. The molecule has 0 fully saturated rings.